The summed E-state index contributed by atoms with van der Waals surface area (Å²) >= 11 is 1.36. The van der Waals surface area contributed by atoms with E-state index >= 15 is 0 Å². The average molecular weight is 625 g/mol. The van der Waals surface area contributed by atoms with Crippen molar-refractivity contribution in [3.8, 4) is 5.75 Å². The van der Waals surface area contributed by atoms with E-state index in [0.29, 0.717) is 41.7 Å². The van der Waals surface area contributed by atoms with Crippen LogP contribution in [0.3, 0.4) is 0 Å². The van der Waals surface area contributed by atoms with E-state index in [4.69, 9.17) is 18.9 Å². The van der Waals surface area contributed by atoms with Crippen LogP contribution in [0, 0.1) is 0 Å². The number of carbonyl (C=O) groups is 3. The summed E-state index contributed by atoms with van der Waals surface area (Å²) in [7, 11) is 1.60. The van der Waals surface area contributed by atoms with E-state index in [1.54, 1.807) is 36.5 Å². The van der Waals surface area contributed by atoms with Crippen LogP contribution in [0.5, 0.6) is 5.75 Å². The molecule has 2 aliphatic heterocycles. The van der Waals surface area contributed by atoms with Gasteiger partial charge < -0.3 is 19.2 Å². The number of benzene rings is 3. The van der Waals surface area contributed by atoms with Crippen molar-refractivity contribution >= 4 is 46.2 Å². The van der Waals surface area contributed by atoms with E-state index in [2.05, 4.69) is 5.32 Å². The van der Waals surface area contributed by atoms with Crippen LogP contribution < -0.4 is 10.1 Å². The number of thioether (sulfide) groups is 1. The predicted octanol–water partition coefficient (Wildman–Crippen LogP) is 6.53. The molecule has 1 N–H and O–H groups in total. The second kappa shape index (κ2) is 13.7. The Morgan fingerprint density at radius 2 is 1.78 bits per heavy atom. The Labute approximate surface area is 265 Å². The number of furan rings is 1. The Hall–Kier alpha value is -5.03. The number of likely N-dealkylation sites (tertiary alicyclic amines) is 1. The van der Waals surface area contributed by atoms with Crippen LogP contribution in [0.25, 0.3) is 0 Å². The molecule has 10 nitrogen and oxygen atoms in total. The molecule has 3 aromatic carbocycles. The highest BCUT2D eigenvalue weighted by molar-refractivity contribution is 8.15. The van der Waals surface area contributed by atoms with Crippen LogP contribution in [-0.2, 0) is 27.5 Å². The maximum Gasteiger partial charge on any atom is 0.410 e. The van der Waals surface area contributed by atoms with Crippen LogP contribution in [0.4, 0.5) is 16.2 Å². The highest BCUT2D eigenvalue weighted by Crippen LogP contribution is 2.41. The number of rotatable bonds is 9. The highest BCUT2D eigenvalue weighted by atomic mass is 32.2. The Morgan fingerprint density at radius 1 is 1.00 bits per heavy atom. The molecule has 3 heterocycles. The fourth-order valence-electron chi connectivity index (χ4n) is 5.25. The Bertz CT molecular complexity index is 1660. The number of amidine groups is 1. The van der Waals surface area contributed by atoms with E-state index < -0.39 is 17.4 Å². The SMILES string of the molecule is COc1ccc(/N=C2\SC(c3ccc(NC(=O)[C@@H]4CCCN4C(=O)OCc4ccccc4)cc3)C(=O)N2Cc2ccco2)cc1. The zero-order chi connectivity index (χ0) is 31.2. The van der Waals surface area contributed by atoms with Gasteiger partial charge in [0.25, 0.3) is 0 Å². The van der Waals surface area contributed by atoms with E-state index in [-0.39, 0.29) is 25.0 Å². The first-order chi connectivity index (χ1) is 22.0. The molecule has 6 rings (SSSR count). The van der Waals surface area contributed by atoms with E-state index in [0.717, 1.165) is 16.9 Å². The molecule has 0 radical (unpaired) electrons. The molecule has 0 saturated carbocycles. The quantitative estimate of drug-likeness (QED) is 0.225. The lowest BCUT2D eigenvalue weighted by Gasteiger charge is -2.23. The van der Waals surface area contributed by atoms with Crippen molar-refractivity contribution in [3.05, 3.63) is 114 Å². The standard InChI is InChI=1S/C34H32N4O6S/c1-42-27-17-15-26(16-18-27)36-33-38(21-28-9-6-20-43-28)32(40)30(45-33)24-11-13-25(14-12-24)35-31(39)29-10-5-19-37(29)34(41)44-22-23-7-3-2-4-8-23/h2-4,6-9,11-18,20,29-30H,5,10,19,21-22H2,1H3,(H,35,39)/b36-33-/t29-,30?/m0/s1. The third-order valence-electron chi connectivity index (χ3n) is 7.61. The molecule has 1 aromatic heterocycles. The molecular weight excluding hydrogens is 592 g/mol. The van der Waals surface area contributed by atoms with E-state index in [1.807, 2.05) is 72.8 Å². The third kappa shape index (κ3) is 7.04. The molecule has 11 heteroatoms. The zero-order valence-corrected chi connectivity index (χ0v) is 25.4. The third-order valence-corrected chi connectivity index (χ3v) is 8.84. The molecule has 2 atom stereocenters. The van der Waals surface area contributed by atoms with Gasteiger partial charge in [-0.2, -0.15) is 0 Å². The van der Waals surface area contributed by atoms with Crippen LogP contribution in [0.1, 0.15) is 35.0 Å². The van der Waals surface area contributed by atoms with Crippen LogP contribution in [0.15, 0.2) is 107 Å². The first-order valence-electron chi connectivity index (χ1n) is 14.6. The number of nitrogens with one attached hydrogen (secondary N) is 1. The minimum absolute atomic E-state index is 0.115. The van der Waals surface area contributed by atoms with Crippen molar-refractivity contribution in [1.82, 2.24) is 9.80 Å². The van der Waals surface area contributed by atoms with Gasteiger partial charge >= 0.3 is 6.09 Å². The number of carbonyl (C=O) groups excluding carboxylic acids is 3. The Kier molecular flexibility index (Phi) is 9.16. The van der Waals surface area contributed by atoms with Crippen LogP contribution >= 0.6 is 11.8 Å². The summed E-state index contributed by atoms with van der Waals surface area (Å²) in [5, 5.41) is 2.96. The number of methoxy groups -OCH3 is 1. The Balaban J connectivity index is 1.12. The second-order valence-corrected chi connectivity index (χ2v) is 11.7. The van der Waals surface area contributed by atoms with Gasteiger partial charge in [0, 0.05) is 12.2 Å². The molecule has 2 saturated heterocycles. The minimum atomic E-state index is -0.619. The average Bonchev–Trinajstić information content (AvgIpc) is 3.84. The van der Waals surface area contributed by atoms with Crippen molar-refractivity contribution in [3.63, 3.8) is 0 Å². The number of ether oxygens (including phenoxy) is 2. The maximum absolute atomic E-state index is 13.7. The molecule has 45 heavy (non-hydrogen) atoms. The molecule has 0 aliphatic carbocycles. The Morgan fingerprint density at radius 3 is 2.49 bits per heavy atom. The highest BCUT2D eigenvalue weighted by Gasteiger charge is 2.40. The predicted molar refractivity (Wildman–Crippen MR) is 171 cm³/mol. The molecule has 2 aliphatic rings. The molecular formula is C34H32N4O6S. The maximum atomic E-state index is 13.7. The lowest BCUT2D eigenvalue weighted by molar-refractivity contribution is -0.126. The molecule has 230 valence electrons. The number of amides is 3. The van der Waals surface area contributed by atoms with Crippen molar-refractivity contribution < 1.29 is 28.3 Å². The van der Waals surface area contributed by atoms with Crippen LogP contribution in [-0.4, -0.2) is 52.6 Å². The van der Waals surface area contributed by atoms with Gasteiger partial charge in [-0.15, -0.1) is 0 Å². The van der Waals surface area contributed by atoms with Crippen molar-refractivity contribution in [1.29, 1.82) is 0 Å². The summed E-state index contributed by atoms with van der Waals surface area (Å²) in [6.07, 6.45) is 2.34. The molecule has 1 unspecified atom stereocenters. The van der Waals surface area contributed by atoms with Gasteiger partial charge in [-0.3, -0.25) is 19.4 Å². The summed E-state index contributed by atoms with van der Waals surface area (Å²) < 4.78 is 16.2. The first kappa shape index (κ1) is 30.0. The lowest BCUT2D eigenvalue weighted by atomic mass is 10.1. The normalized spacial score (nSPS) is 18.8. The summed E-state index contributed by atoms with van der Waals surface area (Å²) in [5.41, 5.74) is 2.93. The smallest absolute Gasteiger partial charge is 0.410 e. The zero-order valence-electron chi connectivity index (χ0n) is 24.6. The van der Waals surface area contributed by atoms with Crippen molar-refractivity contribution in [2.75, 3.05) is 19.0 Å². The number of hydrogen-bond donors (Lipinski definition) is 1. The minimum Gasteiger partial charge on any atom is -0.497 e. The van der Waals surface area contributed by atoms with Gasteiger partial charge in [0.2, 0.25) is 11.8 Å². The van der Waals surface area contributed by atoms with Crippen LogP contribution in [0.2, 0.25) is 0 Å². The number of hydrogen-bond acceptors (Lipinski definition) is 8. The number of nitrogens with zero attached hydrogens (tertiary/aromatic N) is 3. The first-order valence-corrected chi connectivity index (χ1v) is 15.5. The van der Waals surface area contributed by atoms with Crippen molar-refractivity contribution in [2.45, 2.75) is 37.3 Å². The summed E-state index contributed by atoms with van der Waals surface area (Å²) in [5.74, 6) is 0.975. The lowest BCUT2D eigenvalue weighted by Crippen LogP contribution is -2.43. The van der Waals surface area contributed by atoms with Crippen molar-refractivity contribution in [2.24, 2.45) is 4.99 Å². The monoisotopic (exact) mass is 624 g/mol. The van der Waals surface area contributed by atoms with Gasteiger partial charge in [0.05, 0.1) is 25.6 Å². The van der Waals surface area contributed by atoms with Gasteiger partial charge in [-0.05, 0) is 72.5 Å². The van der Waals surface area contributed by atoms with Gasteiger partial charge in [-0.25, -0.2) is 9.79 Å². The molecule has 2 fully saturated rings. The number of anilines is 1. The molecule has 4 aromatic rings. The van der Waals surface area contributed by atoms with Gasteiger partial charge in [0.15, 0.2) is 5.17 Å². The molecule has 0 bridgehead atoms. The van der Waals surface area contributed by atoms with Gasteiger partial charge in [0.1, 0.15) is 29.4 Å². The molecule has 3 amide bonds. The summed E-state index contributed by atoms with van der Waals surface area (Å²) in [6.45, 7) is 0.861. The fourth-order valence-corrected chi connectivity index (χ4v) is 6.42. The molecule has 0 spiro atoms. The van der Waals surface area contributed by atoms with Gasteiger partial charge in [-0.1, -0.05) is 54.2 Å². The largest absolute Gasteiger partial charge is 0.497 e. The number of aliphatic imine (C=N–C) groups is 1. The second-order valence-electron chi connectivity index (χ2n) is 10.6. The van der Waals surface area contributed by atoms with E-state index in [1.165, 1.54) is 16.7 Å². The fraction of sp³-hybridized carbons (Fsp3) is 0.235. The topological polar surface area (TPSA) is 114 Å². The summed E-state index contributed by atoms with van der Waals surface area (Å²) in [6, 6.07) is 26.9. The summed E-state index contributed by atoms with van der Waals surface area (Å²) in [4.78, 5) is 47.5. The van der Waals surface area contributed by atoms with E-state index in [9.17, 15) is 14.4 Å².